The second-order valence-corrected chi connectivity index (χ2v) is 7.89. The van der Waals surface area contributed by atoms with Crippen LogP contribution in [0, 0.1) is 17.1 Å². The van der Waals surface area contributed by atoms with Crippen molar-refractivity contribution in [2.24, 2.45) is 0 Å². The maximum Gasteiger partial charge on any atom is 0.419 e. The van der Waals surface area contributed by atoms with Gasteiger partial charge in [0.1, 0.15) is 17.6 Å². The molecule has 1 aromatic heterocycles. The van der Waals surface area contributed by atoms with Gasteiger partial charge in [-0.15, -0.1) is 0 Å². The average Bonchev–Trinajstić information content (AvgIpc) is 2.71. The van der Waals surface area contributed by atoms with Crippen molar-refractivity contribution in [3.63, 3.8) is 0 Å². The van der Waals surface area contributed by atoms with E-state index < -0.39 is 47.3 Å². The number of pyridine rings is 1. The number of nitrogens with one attached hydrogen (secondary N) is 2. The van der Waals surface area contributed by atoms with Crippen LogP contribution in [0.4, 0.5) is 23.2 Å². The number of hydrogen-bond donors (Lipinski definition) is 4. The number of rotatable bonds is 2. The molecular weight excluding hydrogens is 430 g/mol. The number of fused-ring (bicyclic) bond motifs is 2. The largest absolute Gasteiger partial charge is 0.506 e. The first kappa shape index (κ1) is 21.6. The van der Waals surface area contributed by atoms with Gasteiger partial charge in [-0.3, -0.25) is 4.79 Å². The third-order valence-electron chi connectivity index (χ3n) is 5.90. The summed E-state index contributed by atoms with van der Waals surface area (Å²) < 4.78 is 56.5. The van der Waals surface area contributed by atoms with Crippen LogP contribution in [0.5, 0.6) is 5.75 Å². The van der Waals surface area contributed by atoms with E-state index in [1.807, 2.05) is 0 Å². The Morgan fingerprint density at radius 1 is 1.22 bits per heavy atom. The van der Waals surface area contributed by atoms with E-state index >= 15 is 0 Å². The molecule has 10 heteroatoms. The van der Waals surface area contributed by atoms with E-state index in [4.69, 9.17) is 0 Å². The predicted molar refractivity (Wildman–Crippen MR) is 108 cm³/mol. The van der Waals surface area contributed by atoms with Gasteiger partial charge in [0.05, 0.1) is 17.1 Å². The van der Waals surface area contributed by atoms with Crippen LogP contribution < -0.4 is 10.9 Å². The Labute approximate surface area is 178 Å². The number of phenolic OH excluding ortho intramolecular Hbond substituents is 1. The molecule has 3 atom stereocenters. The number of nitriles is 1. The van der Waals surface area contributed by atoms with E-state index in [0.717, 1.165) is 12.1 Å². The van der Waals surface area contributed by atoms with Crippen LogP contribution in [-0.2, 0) is 0 Å². The standard InChI is InChI=1S/C22H17F4N3O3/c1-10-8-21(32,22(24,25)26)20(13-3-2-11(9-27)19(31)17(10)13)28-15-6-5-14(23)18-12(15)4-7-16(30)29-18/h2-7,10,20,28,31-32H,8H2,1H3,(H,29,30)/t10-,20?,21-/m1/s1. The first-order valence-electron chi connectivity index (χ1n) is 9.61. The number of aromatic hydroxyl groups is 1. The summed E-state index contributed by atoms with van der Waals surface area (Å²) in [5.41, 5.74) is -4.01. The van der Waals surface area contributed by atoms with E-state index in [9.17, 15) is 37.8 Å². The highest BCUT2D eigenvalue weighted by Crippen LogP contribution is 2.54. The van der Waals surface area contributed by atoms with Crippen LogP contribution in [0.2, 0.25) is 0 Å². The van der Waals surface area contributed by atoms with Crippen LogP contribution in [-0.4, -0.2) is 27.0 Å². The number of anilines is 1. The molecule has 1 unspecified atom stereocenters. The van der Waals surface area contributed by atoms with Gasteiger partial charge in [-0.1, -0.05) is 13.0 Å². The van der Waals surface area contributed by atoms with Crippen molar-refractivity contribution in [1.29, 1.82) is 5.26 Å². The van der Waals surface area contributed by atoms with Gasteiger partial charge in [-0.2, -0.15) is 18.4 Å². The number of benzene rings is 2. The summed E-state index contributed by atoms with van der Waals surface area (Å²) >= 11 is 0. The molecular formula is C22H17F4N3O3. The molecule has 0 bridgehead atoms. The highest BCUT2D eigenvalue weighted by Gasteiger charge is 2.62. The van der Waals surface area contributed by atoms with Crippen molar-refractivity contribution in [2.45, 2.75) is 37.1 Å². The van der Waals surface area contributed by atoms with Gasteiger partial charge in [0.25, 0.3) is 0 Å². The van der Waals surface area contributed by atoms with Gasteiger partial charge in [-0.25, -0.2) is 4.39 Å². The van der Waals surface area contributed by atoms with Crippen LogP contribution in [0.3, 0.4) is 0 Å². The Morgan fingerprint density at radius 2 is 1.94 bits per heavy atom. The zero-order valence-corrected chi connectivity index (χ0v) is 16.6. The second kappa shape index (κ2) is 7.24. The summed E-state index contributed by atoms with van der Waals surface area (Å²) in [5.74, 6) is -2.13. The third kappa shape index (κ3) is 3.17. The molecule has 166 valence electrons. The van der Waals surface area contributed by atoms with E-state index in [1.54, 1.807) is 6.07 Å². The van der Waals surface area contributed by atoms with Gasteiger partial charge in [0.15, 0.2) is 5.60 Å². The van der Waals surface area contributed by atoms with Crippen molar-refractivity contribution < 1.29 is 27.8 Å². The number of H-pyrrole nitrogens is 1. The minimum Gasteiger partial charge on any atom is -0.506 e. The first-order valence-corrected chi connectivity index (χ1v) is 9.61. The fourth-order valence-electron chi connectivity index (χ4n) is 4.40. The number of nitrogens with zero attached hydrogens (tertiary/aromatic N) is 1. The molecule has 0 saturated carbocycles. The molecule has 0 radical (unpaired) electrons. The Balaban J connectivity index is 1.95. The fraction of sp³-hybridized carbons (Fsp3) is 0.273. The van der Waals surface area contributed by atoms with Gasteiger partial charge in [0.2, 0.25) is 5.56 Å². The highest BCUT2D eigenvalue weighted by molar-refractivity contribution is 5.91. The summed E-state index contributed by atoms with van der Waals surface area (Å²) in [6.45, 7) is 1.42. The number of aliphatic hydroxyl groups is 1. The second-order valence-electron chi connectivity index (χ2n) is 7.89. The monoisotopic (exact) mass is 447 g/mol. The Bertz CT molecular complexity index is 1330. The van der Waals surface area contributed by atoms with Crippen LogP contribution in [0.25, 0.3) is 10.9 Å². The number of aromatic nitrogens is 1. The van der Waals surface area contributed by atoms with Crippen LogP contribution in [0.15, 0.2) is 41.2 Å². The molecule has 4 rings (SSSR count). The van der Waals surface area contributed by atoms with Crippen LogP contribution >= 0.6 is 0 Å². The summed E-state index contributed by atoms with van der Waals surface area (Å²) in [6, 6.07) is 6.98. The number of aromatic amines is 1. The molecule has 0 fully saturated rings. The Kier molecular flexibility index (Phi) is 4.90. The molecule has 0 spiro atoms. The maximum atomic E-state index is 14.2. The quantitative estimate of drug-likeness (QED) is 0.441. The van der Waals surface area contributed by atoms with Crippen molar-refractivity contribution in [1.82, 2.24) is 4.98 Å². The molecule has 4 N–H and O–H groups in total. The zero-order chi connectivity index (χ0) is 23.4. The lowest BCUT2D eigenvalue weighted by Gasteiger charge is -2.45. The summed E-state index contributed by atoms with van der Waals surface area (Å²) in [4.78, 5) is 13.9. The highest BCUT2D eigenvalue weighted by atomic mass is 19.4. The van der Waals surface area contributed by atoms with E-state index in [1.165, 1.54) is 31.2 Å². The third-order valence-corrected chi connectivity index (χ3v) is 5.90. The molecule has 1 aliphatic rings. The minimum atomic E-state index is -5.05. The number of phenols is 1. The first-order chi connectivity index (χ1) is 15.0. The van der Waals surface area contributed by atoms with Crippen molar-refractivity contribution >= 4 is 16.6 Å². The number of halogens is 4. The van der Waals surface area contributed by atoms with Crippen molar-refractivity contribution in [2.75, 3.05) is 5.32 Å². The molecule has 32 heavy (non-hydrogen) atoms. The zero-order valence-electron chi connectivity index (χ0n) is 16.6. The number of alkyl halides is 3. The lowest BCUT2D eigenvalue weighted by atomic mass is 9.70. The Morgan fingerprint density at radius 3 is 2.59 bits per heavy atom. The smallest absolute Gasteiger partial charge is 0.419 e. The predicted octanol–water partition coefficient (Wildman–Crippen LogP) is 4.20. The summed E-state index contributed by atoms with van der Waals surface area (Å²) in [6.07, 6.45) is -5.83. The van der Waals surface area contributed by atoms with E-state index in [2.05, 4.69) is 10.3 Å². The molecule has 1 heterocycles. The molecule has 0 amide bonds. The lowest BCUT2D eigenvalue weighted by Crippen LogP contribution is -2.55. The Hall–Kier alpha value is -3.58. The maximum absolute atomic E-state index is 14.2. The topological polar surface area (TPSA) is 109 Å². The van der Waals surface area contributed by atoms with Gasteiger partial charge < -0.3 is 20.5 Å². The average molecular weight is 447 g/mol. The van der Waals surface area contributed by atoms with Gasteiger partial charge >= 0.3 is 6.18 Å². The molecule has 3 aromatic rings. The fourth-order valence-corrected chi connectivity index (χ4v) is 4.40. The SMILES string of the molecule is C[C@@H]1C[C@](O)(C(F)(F)F)C(Nc2ccc(F)c3[nH]c(=O)ccc23)c2ccc(C#N)c(O)c21. The normalized spacial score (nSPS) is 22.9. The van der Waals surface area contributed by atoms with Gasteiger partial charge in [-0.05, 0) is 42.2 Å². The summed E-state index contributed by atoms with van der Waals surface area (Å²) in [5, 5.41) is 33.3. The summed E-state index contributed by atoms with van der Waals surface area (Å²) in [7, 11) is 0. The van der Waals surface area contributed by atoms with E-state index in [0.29, 0.717) is 0 Å². The number of hydrogen-bond acceptors (Lipinski definition) is 5. The van der Waals surface area contributed by atoms with Crippen molar-refractivity contribution in [3.8, 4) is 11.8 Å². The minimum absolute atomic E-state index is 0.0367. The molecule has 6 nitrogen and oxygen atoms in total. The van der Waals surface area contributed by atoms with Gasteiger partial charge in [0, 0.05) is 22.7 Å². The van der Waals surface area contributed by atoms with E-state index in [-0.39, 0.29) is 33.3 Å². The lowest BCUT2D eigenvalue weighted by molar-refractivity contribution is -0.272. The van der Waals surface area contributed by atoms with Crippen molar-refractivity contribution in [3.05, 3.63) is 69.3 Å². The molecule has 0 saturated heterocycles. The van der Waals surface area contributed by atoms with Crippen LogP contribution in [0.1, 0.15) is 42.0 Å². The molecule has 1 aliphatic carbocycles. The molecule has 0 aliphatic heterocycles. The molecule has 2 aromatic carbocycles.